The standard InChI is InChI=1S/C15H28N2O3/c1-20-10-12(18)8-9-16-15(19)14-7-6-11-4-2-3-5-13(11)17-14/h11-14,17-18H,2-10H2,1H3,(H,16,19). The lowest BCUT2D eigenvalue weighted by molar-refractivity contribution is -0.124. The van der Waals surface area contributed by atoms with Crippen LogP contribution in [0.4, 0.5) is 0 Å². The van der Waals surface area contributed by atoms with Crippen LogP contribution >= 0.6 is 0 Å². The predicted octanol–water partition coefficient (Wildman–Crippen LogP) is 0.811. The van der Waals surface area contributed by atoms with Crippen molar-refractivity contribution in [1.82, 2.24) is 10.6 Å². The topological polar surface area (TPSA) is 70.6 Å². The molecule has 5 heteroatoms. The molecule has 0 aromatic heterocycles. The van der Waals surface area contributed by atoms with Gasteiger partial charge in [-0.2, -0.15) is 0 Å². The number of methoxy groups -OCH3 is 1. The summed E-state index contributed by atoms with van der Waals surface area (Å²) in [7, 11) is 1.56. The van der Waals surface area contributed by atoms with E-state index in [-0.39, 0.29) is 11.9 Å². The van der Waals surface area contributed by atoms with Crippen molar-refractivity contribution in [3.8, 4) is 0 Å². The number of piperidine rings is 1. The Labute approximate surface area is 121 Å². The minimum absolute atomic E-state index is 0.0473. The first-order chi connectivity index (χ1) is 9.70. The predicted molar refractivity (Wildman–Crippen MR) is 77.4 cm³/mol. The summed E-state index contributed by atoms with van der Waals surface area (Å²) in [5, 5.41) is 16.0. The number of hydrogen-bond acceptors (Lipinski definition) is 4. The molecular weight excluding hydrogens is 256 g/mol. The number of amides is 1. The molecule has 4 unspecified atom stereocenters. The van der Waals surface area contributed by atoms with E-state index in [0.29, 0.717) is 25.6 Å². The van der Waals surface area contributed by atoms with E-state index >= 15 is 0 Å². The molecule has 2 rings (SSSR count). The van der Waals surface area contributed by atoms with Gasteiger partial charge in [0.25, 0.3) is 0 Å². The molecule has 4 atom stereocenters. The molecule has 0 radical (unpaired) electrons. The number of nitrogens with one attached hydrogen (secondary N) is 2. The van der Waals surface area contributed by atoms with Gasteiger partial charge < -0.3 is 20.5 Å². The van der Waals surface area contributed by atoms with Gasteiger partial charge in [-0.15, -0.1) is 0 Å². The minimum atomic E-state index is -0.498. The van der Waals surface area contributed by atoms with Crippen LogP contribution in [0.25, 0.3) is 0 Å². The van der Waals surface area contributed by atoms with Crippen molar-refractivity contribution in [2.75, 3.05) is 20.3 Å². The summed E-state index contributed by atoms with van der Waals surface area (Å²) in [6.07, 6.45) is 7.30. The molecule has 1 saturated heterocycles. The maximum absolute atomic E-state index is 12.1. The highest BCUT2D eigenvalue weighted by molar-refractivity contribution is 5.81. The van der Waals surface area contributed by atoms with Crippen molar-refractivity contribution < 1.29 is 14.6 Å². The number of carbonyl (C=O) groups is 1. The summed E-state index contributed by atoms with van der Waals surface area (Å²) in [6.45, 7) is 0.830. The molecule has 0 spiro atoms. The Balaban J connectivity index is 1.68. The van der Waals surface area contributed by atoms with Crippen molar-refractivity contribution in [3.05, 3.63) is 0 Å². The van der Waals surface area contributed by atoms with Gasteiger partial charge in [0.1, 0.15) is 0 Å². The maximum atomic E-state index is 12.1. The van der Waals surface area contributed by atoms with E-state index < -0.39 is 6.10 Å². The van der Waals surface area contributed by atoms with Gasteiger partial charge in [0.05, 0.1) is 18.8 Å². The summed E-state index contributed by atoms with van der Waals surface area (Å²) in [5.74, 6) is 0.856. The van der Waals surface area contributed by atoms with Gasteiger partial charge in [-0.1, -0.05) is 12.8 Å². The number of rotatable bonds is 6. The zero-order chi connectivity index (χ0) is 14.4. The molecule has 1 amide bonds. The molecule has 1 saturated carbocycles. The fourth-order valence-corrected chi connectivity index (χ4v) is 3.46. The fourth-order valence-electron chi connectivity index (χ4n) is 3.46. The number of fused-ring (bicyclic) bond motifs is 1. The molecule has 5 nitrogen and oxygen atoms in total. The second-order valence-electron chi connectivity index (χ2n) is 6.14. The van der Waals surface area contributed by atoms with E-state index in [9.17, 15) is 9.90 Å². The van der Waals surface area contributed by atoms with Crippen LogP contribution in [-0.2, 0) is 9.53 Å². The quantitative estimate of drug-likeness (QED) is 0.675. The summed E-state index contributed by atoms with van der Waals surface area (Å²) >= 11 is 0. The normalized spacial score (nSPS) is 31.4. The second kappa shape index (κ2) is 7.96. The first-order valence-electron chi connectivity index (χ1n) is 7.91. The Hall–Kier alpha value is -0.650. The van der Waals surface area contributed by atoms with Gasteiger partial charge in [-0.05, 0) is 38.0 Å². The Morgan fingerprint density at radius 3 is 2.95 bits per heavy atom. The van der Waals surface area contributed by atoms with E-state index in [2.05, 4.69) is 10.6 Å². The molecule has 0 bridgehead atoms. The highest BCUT2D eigenvalue weighted by Crippen LogP contribution is 2.32. The Bertz CT molecular complexity index is 311. The van der Waals surface area contributed by atoms with Crippen LogP contribution in [0.3, 0.4) is 0 Å². The average Bonchev–Trinajstić information content (AvgIpc) is 2.47. The smallest absolute Gasteiger partial charge is 0.237 e. The first-order valence-corrected chi connectivity index (χ1v) is 7.91. The number of ether oxygens (including phenoxy) is 1. The first kappa shape index (κ1) is 15.7. The van der Waals surface area contributed by atoms with E-state index in [4.69, 9.17) is 4.74 Å². The lowest BCUT2D eigenvalue weighted by Gasteiger charge is -2.39. The third-order valence-electron chi connectivity index (χ3n) is 4.60. The van der Waals surface area contributed by atoms with Crippen molar-refractivity contribution in [2.24, 2.45) is 5.92 Å². The zero-order valence-corrected chi connectivity index (χ0v) is 12.4. The molecule has 2 aliphatic rings. The molecule has 3 N–H and O–H groups in total. The highest BCUT2D eigenvalue weighted by Gasteiger charge is 2.34. The van der Waals surface area contributed by atoms with Crippen molar-refractivity contribution in [2.45, 2.75) is 63.1 Å². The summed E-state index contributed by atoms with van der Waals surface area (Å²) in [6, 6.07) is 0.487. The average molecular weight is 284 g/mol. The van der Waals surface area contributed by atoms with Crippen molar-refractivity contribution in [1.29, 1.82) is 0 Å². The molecule has 0 aromatic carbocycles. The van der Waals surface area contributed by atoms with Crippen LogP contribution in [-0.4, -0.2) is 49.5 Å². The molecule has 2 fully saturated rings. The number of aliphatic hydroxyl groups is 1. The van der Waals surface area contributed by atoms with Gasteiger partial charge in [0, 0.05) is 19.7 Å². The van der Waals surface area contributed by atoms with E-state index in [1.165, 1.54) is 32.1 Å². The number of aliphatic hydroxyl groups excluding tert-OH is 1. The van der Waals surface area contributed by atoms with Gasteiger partial charge >= 0.3 is 0 Å². The minimum Gasteiger partial charge on any atom is -0.391 e. The van der Waals surface area contributed by atoms with Gasteiger partial charge in [0.2, 0.25) is 5.91 Å². The third kappa shape index (κ3) is 4.43. The maximum Gasteiger partial charge on any atom is 0.237 e. The lowest BCUT2D eigenvalue weighted by Crippen LogP contribution is -2.55. The van der Waals surface area contributed by atoms with Crippen LogP contribution in [0.5, 0.6) is 0 Å². The van der Waals surface area contributed by atoms with Gasteiger partial charge in [-0.3, -0.25) is 4.79 Å². The summed E-state index contributed by atoms with van der Waals surface area (Å²) in [4.78, 5) is 12.1. The van der Waals surface area contributed by atoms with Crippen LogP contribution < -0.4 is 10.6 Å². The van der Waals surface area contributed by atoms with Crippen LogP contribution in [0, 0.1) is 5.92 Å². The Morgan fingerprint density at radius 2 is 2.15 bits per heavy atom. The van der Waals surface area contributed by atoms with Crippen molar-refractivity contribution >= 4 is 5.91 Å². The molecular formula is C15H28N2O3. The number of carbonyl (C=O) groups excluding carboxylic acids is 1. The van der Waals surface area contributed by atoms with Gasteiger partial charge in [0.15, 0.2) is 0 Å². The fraction of sp³-hybridized carbons (Fsp3) is 0.933. The summed E-state index contributed by atoms with van der Waals surface area (Å²) in [5.41, 5.74) is 0. The lowest BCUT2D eigenvalue weighted by atomic mass is 9.77. The van der Waals surface area contributed by atoms with Crippen LogP contribution in [0.15, 0.2) is 0 Å². The molecule has 1 aliphatic carbocycles. The van der Waals surface area contributed by atoms with E-state index in [0.717, 1.165) is 12.3 Å². The van der Waals surface area contributed by atoms with E-state index in [1.807, 2.05) is 0 Å². The molecule has 116 valence electrons. The summed E-state index contributed by atoms with van der Waals surface area (Å²) < 4.78 is 4.86. The third-order valence-corrected chi connectivity index (χ3v) is 4.60. The molecule has 20 heavy (non-hydrogen) atoms. The molecule has 1 heterocycles. The SMILES string of the molecule is COCC(O)CCNC(=O)C1CCC2CCCCC2N1. The Kier molecular flexibility index (Phi) is 6.26. The second-order valence-corrected chi connectivity index (χ2v) is 6.14. The van der Waals surface area contributed by atoms with E-state index in [1.54, 1.807) is 7.11 Å². The monoisotopic (exact) mass is 284 g/mol. The Morgan fingerprint density at radius 1 is 1.35 bits per heavy atom. The van der Waals surface area contributed by atoms with Crippen molar-refractivity contribution in [3.63, 3.8) is 0 Å². The van der Waals surface area contributed by atoms with Crippen LogP contribution in [0.1, 0.15) is 44.9 Å². The zero-order valence-electron chi connectivity index (χ0n) is 12.4. The molecule has 0 aromatic rings. The number of hydrogen-bond donors (Lipinski definition) is 3. The highest BCUT2D eigenvalue weighted by atomic mass is 16.5. The molecule has 1 aliphatic heterocycles. The van der Waals surface area contributed by atoms with Gasteiger partial charge in [-0.25, -0.2) is 0 Å². The van der Waals surface area contributed by atoms with Crippen LogP contribution in [0.2, 0.25) is 0 Å². The largest absolute Gasteiger partial charge is 0.391 e.